The van der Waals surface area contributed by atoms with Gasteiger partial charge in [0.05, 0.1) is 13.2 Å². The third-order valence-corrected chi connectivity index (χ3v) is 2.67. The molecule has 16 heavy (non-hydrogen) atoms. The Morgan fingerprint density at radius 2 is 1.88 bits per heavy atom. The van der Waals surface area contributed by atoms with E-state index in [1.165, 1.54) is 14.0 Å². The van der Waals surface area contributed by atoms with Gasteiger partial charge in [0.1, 0.15) is 5.75 Å². The summed E-state index contributed by atoms with van der Waals surface area (Å²) in [5.41, 5.74) is 0.605. The molecule has 0 aliphatic heterocycles. The molecule has 2 nitrogen and oxygen atoms in total. The second kappa shape index (κ2) is 5.25. The Hall–Kier alpha value is -1.16. The zero-order valence-electron chi connectivity index (χ0n) is 9.76. The molecule has 1 unspecified atom stereocenters. The Morgan fingerprint density at radius 1 is 1.31 bits per heavy atom. The Labute approximate surface area is 94.6 Å². The lowest BCUT2D eigenvalue weighted by molar-refractivity contribution is -0.0285. The van der Waals surface area contributed by atoms with Gasteiger partial charge in [-0.15, -0.1) is 0 Å². The number of methoxy groups -OCH3 is 1. The predicted molar refractivity (Wildman–Crippen MR) is 60.2 cm³/mol. The molecule has 0 spiro atoms. The lowest BCUT2D eigenvalue weighted by Crippen LogP contribution is -2.42. The maximum Gasteiger partial charge on any atom is 0.266 e. The summed E-state index contributed by atoms with van der Waals surface area (Å²) in [6.45, 7) is 1.48. The second-order valence-electron chi connectivity index (χ2n) is 3.80. The third kappa shape index (κ3) is 3.17. The van der Waals surface area contributed by atoms with Crippen LogP contribution in [0.15, 0.2) is 24.3 Å². The van der Waals surface area contributed by atoms with Gasteiger partial charge in [-0.25, -0.2) is 8.78 Å². The van der Waals surface area contributed by atoms with Gasteiger partial charge in [-0.2, -0.15) is 0 Å². The van der Waals surface area contributed by atoms with E-state index in [2.05, 4.69) is 5.32 Å². The molecule has 1 aromatic rings. The van der Waals surface area contributed by atoms with E-state index >= 15 is 0 Å². The van der Waals surface area contributed by atoms with Gasteiger partial charge in [-0.1, -0.05) is 12.1 Å². The van der Waals surface area contributed by atoms with E-state index in [9.17, 15) is 8.78 Å². The van der Waals surface area contributed by atoms with Crippen molar-refractivity contribution in [1.82, 2.24) is 5.32 Å². The summed E-state index contributed by atoms with van der Waals surface area (Å²) >= 11 is 0. The molecule has 90 valence electrons. The summed E-state index contributed by atoms with van der Waals surface area (Å²) in [7, 11) is 3.08. The van der Waals surface area contributed by atoms with Gasteiger partial charge in [-0.05, 0) is 31.7 Å². The summed E-state index contributed by atoms with van der Waals surface area (Å²) < 4.78 is 32.2. The predicted octanol–water partition coefficient (Wildman–Crippen LogP) is 2.48. The van der Waals surface area contributed by atoms with Crippen molar-refractivity contribution in [2.75, 3.05) is 14.2 Å². The van der Waals surface area contributed by atoms with E-state index in [1.54, 1.807) is 31.4 Å². The third-order valence-electron chi connectivity index (χ3n) is 2.67. The Morgan fingerprint density at radius 3 is 2.31 bits per heavy atom. The van der Waals surface area contributed by atoms with Gasteiger partial charge in [0.2, 0.25) is 0 Å². The number of ether oxygens (including phenoxy) is 1. The van der Waals surface area contributed by atoms with E-state index in [1.807, 2.05) is 0 Å². The molecular weight excluding hydrogens is 212 g/mol. The second-order valence-corrected chi connectivity index (χ2v) is 3.80. The molecule has 4 heteroatoms. The maximum atomic E-state index is 13.6. The van der Waals surface area contributed by atoms with Crippen molar-refractivity contribution >= 4 is 0 Å². The van der Waals surface area contributed by atoms with E-state index in [-0.39, 0.29) is 6.42 Å². The van der Waals surface area contributed by atoms with Crippen LogP contribution in [0, 0.1) is 0 Å². The number of rotatable bonds is 5. The molecule has 1 N–H and O–H groups in total. The molecule has 0 bridgehead atoms. The van der Waals surface area contributed by atoms with Gasteiger partial charge >= 0.3 is 0 Å². The van der Waals surface area contributed by atoms with Gasteiger partial charge in [0.15, 0.2) is 0 Å². The minimum Gasteiger partial charge on any atom is -0.497 e. The van der Waals surface area contributed by atoms with Crippen LogP contribution in [-0.2, 0) is 6.42 Å². The first-order valence-electron chi connectivity index (χ1n) is 5.17. The Kier molecular flexibility index (Phi) is 4.24. The average molecular weight is 229 g/mol. The highest BCUT2D eigenvalue weighted by Crippen LogP contribution is 2.24. The van der Waals surface area contributed by atoms with Crippen LogP contribution >= 0.6 is 0 Å². The zero-order valence-corrected chi connectivity index (χ0v) is 9.76. The lowest BCUT2D eigenvalue weighted by Gasteiger charge is -2.23. The van der Waals surface area contributed by atoms with Crippen LogP contribution in [0.1, 0.15) is 12.5 Å². The molecule has 1 rings (SSSR count). The highest BCUT2D eigenvalue weighted by molar-refractivity contribution is 5.28. The van der Waals surface area contributed by atoms with Crippen molar-refractivity contribution in [3.8, 4) is 5.75 Å². The van der Waals surface area contributed by atoms with Crippen molar-refractivity contribution < 1.29 is 13.5 Å². The lowest BCUT2D eigenvalue weighted by atomic mass is 10.0. The normalized spacial score (nSPS) is 13.6. The summed E-state index contributed by atoms with van der Waals surface area (Å²) in [4.78, 5) is 0. The maximum absolute atomic E-state index is 13.6. The Balaban J connectivity index is 2.72. The van der Waals surface area contributed by atoms with Crippen LogP contribution in [-0.4, -0.2) is 26.1 Å². The zero-order chi connectivity index (χ0) is 12.2. The number of nitrogens with one attached hydrogen (secondary N) is 1. The minimum absolute atomic E-state index is 0.265. The number of hydrogen-bond donors (Lipinski definition) is 1. The Bertz CT molecular complexity index is 324. The molecule has 0 aliphatic rings. The first-order chi connectivity index (χ1) is 7.49. The number of halogens is 2. The fourth-order valence-electron chi connectivity index (χ4n) is 1.38. The topological polar surface area (TPSA) is 21.3 Å². The molecule has 0 aromatic heterocycles. The van der Waals surface area contributed by atoms with Crippen molar-refractivity contribution in [3.05, 3.63) is 29.8 Å². The SMILES string of the molecule is CNC(C)C(F)(F)Cc1ccc(OC)cc1. The molecule has 0 heterocycles. The molecular formula is C12H17F2NO. The molecule has 1 aromatic carbocycles. The summed E-state index contributed by atoms with van der Waals surface area (Å²) in [5.74, 6) is -2.07. The van der Waals surface area contributed by atoms with Crippen LogP contribution in [0.2, 0.25) is 0 Å². The molecule has 0 fully saturated rings. The standard InChI is InChI=1S/C12H17F2NO/c1-9(15-2)12(13,14)8-10-4-6-11(16-3)7-5-10/h4-7,9,15H,8H2,1-3H3. The first kappa shape index (κ1) is 12.9. The van der Waals surface area contributed by atoms with Crippen LogP contribution < -0.4 is 10.1 Å². The summed E-state index contributed by atoms with van der Waals surface area (Å²) in [5, 5.41) is 2.57. The highest BCUT2D eigenvalue weighted by atomic mass is 19.3. The van der Waals surface area contributed by atoms with E-state index in [4.69, 9.17) is 4.74 Å². The number of hydrogen-bond acceptors (Lipinski definition) is 2. The van der Waals surface area contributed by atoms with Crippen molar-refractivity contribution in [1.29, 1.82) is 0 Å². The minimum atomic E-state index is -2.75. The van der Waals surface area contributed by atoms with Crippen molar-refractivity contribution in [2.24, 2.45) is 0 Å². The van der Waals surface area contributed by atoms with Crippen LogP contribution in [0.5, 0.6) is 5.75 Å². The van der Waals surface area contributed by atoms with E-state index < -0.39 is 12.0 Å². The first-order valence-corrected chi connectivity index (χ1v) is 5.17. The van der Waals surface area contributed by atoms with E-state index in [0.29, 0.717) is 11.3 Å². The highest BCUT2D eigenvalue weighted by Gasteiger charge is 2.35. The van der Waals surface area contributed by atoms with Gasteiger partial charge in [-0.3, -0.25) is 0 Å². The molecule has 0 saturated heterocycles. The number of alkyl halides is 2. The van der Waals surface area contributed by atoms with Crippen LogP contribution in [0.3, 0.4) is 0 Å². The van der Waals surface area contributed by atoms with E-state index in [0.717, 1.165) is 0 Å². The molecule has 0 amide bonds. The quantitative estimate of drug-likeness (QED) is 0.837. The van der Waals surface area contributed by atoms with Gasteiger partial charge in [0.25, 0.3) is 5.92 Å². The molecule has 1 atom stereocenters. The van der Waals surface area contributed by atoms with Crippen LogP contribution in [0.4, 0.5) is 8.78 Å². The fraction of sp³-hybridized carbons (Fsp3) is 0.500. The molecule has 0 saturated carbocycles. The van der Waals surface area contributed by atoms with Crippen molar-refractivity contribution in [2.45, 2.75) is 25.3 Å². The number of benzene rings is 1. The average Bonchev–Trinajstić information content (AvgIpc) is 2.28. The van der Waals surface area contributed by atoms with Crippen molar-refractivity contribution in [3.63, 3.8) is 0 Å². The largest absolute Gasteiger partial charge is 0.497 e. The molecule has 0 aliphatic carbocycles. The van der Waals surface area contributed by atoms with Gasteiger partial charge < -0.3 is 10.1 Å². The van der Waals surface area contributed by atoms with Crippen LogP contribution in [0.25, 0.3) is 0 Å². The monoisotopic (exact) mass is 229 g/mol. The summed E-state index contributed by atoms with van der Waals surface area (Å²) in [6.07, 6.45) is -0.265. The van der Waals surface area contributed by atoms with Gasteiger partial charge in [0, 0.05) is 6.42 Å². The smallest absolute Gasteiger partial charge is 0.266 e. The fourth-order valence-corrected chi connectivity index (χ4v) is 1.38. The summed E-state index contributed by atoms with van der Waals surface area (Å²) in [6, 6.07) is 5.87. The molecule has 0 radical (unpaired) electrons.